The average molecular weight is 263 g/mol. The number of alkyl halides is 2. The van der Waals surface area contributed by atoms with Crippen molar-refractivity contribution >= 4 is 36.4 Å². The Bertz CT molecular complexity index is 243. The van der Waals surface area contributed by atoms with Gasteiger partial charge in [0.1, 0.15) is 0 Å². The monoisotopic (exact) mass is 262 g/mol. The molecule has 0 unspecified atom stereocenters. The molecule has 0 fully saturated rings. The summed E-state index contributed by atoms with van der Waals surface area (Å²) < 4.78 is 0. The van der Waals surface area contributed by atoms with Gasteiger partial charge in [0.25, 0.3) is 0 Å². The van der Waals surface area contributed by atoms with Crippen molar-refractivity contribution in [2.45, 2.75) is 12.8 Å². The van der Waals surface area contributed by atoms with Crippen LogP contribution in [0.1, 0.15) is 12.8 Å². The fraction of sp³-hybridized carbons (Fsp3) is 0.500. The molecule has 0 saturated heterocycles. The predicted molar refractivity (Wildman–Crippen MR) is 73.4 cm³/mol. The standard InChI is InChI=1S/C12H17Cl2P/c13-8-4-10-15(11-5-9-14)12-6-2-1-3-7-12/h1-3,6-7H,4-5,8-11H2. The zero-order valence-electron chi connectivity index (χ0n) is 8.83. The first kappa shape index (κ1) is 13.3. The van der Waals surface area contributed by atoms with E-state index in [1.54, 1.807) is 0 Å². The van der Waals surface area contributed by atoms with E-state index in [4.69, 9.17) is 23.2 Å². The lowest BCUT2D eigenvalue weighted by Crippen LogP contribution is -2.06. The zero-order valence-corrected chi connectivity index (χ0v) is 11.2. The van der Waals surface area contributed by atoms with E-state index in [9.17, 15) is 0 Å². The third-order valence-electron chi connectivity index (χ3n) is 2.24. The third kappa shape index (κ3) is 5.20. The van der Waals surface area contributed by atoms with Crippen LogP contribution in [0.2, 0.25) is 0 Å². The maximum absolute atomic E-state index is 5.75. The molecule has 0 amide bonds. The van der Waals surface area contributed by atoms with Crippen molar-refractivity contribution in [3.63, 3.8) is 0 Å². The topological polar surface area (TPSA) is 0 Å². The second-order valence-electron chi connectivity index (χ2n) is 3.41. The number of hydrogen-bond acceptors (Lipinski definition) is 0. The highest BCUT2D eigenvalue weighted by molar-refractivity contribution is 7.65. The van der Waals surface area contributed by atoms with Crippen LogP contribution in [0.4, 0.5) is 0 Å². The van der Waals surface area contributed by atoms with E-state index in [1.165, 1.54) is 17.6 Å². The molecule has 0 aliphatic rings. The van der Waals surface area contributed by atoms with E-state index in [0.717, 1.165) is 24.6 Å². The molecule has 0 atom stereocenters. The molecule has 0 aliphatic carbocycles. The van der Waals surface area contributed by atoms with Crippen molar-refractivity contribution in [1.82, 2.24) is 0 Å². The van der Waals surface area contributed by atoms with Gasteiger partial charge in [0, 0.05) is 11.8 Å². The molecule has 3 heteroatoms. The van der Waals surface area contributed by atoms with Crippen molar-refractivity contribution in [2.75, 3.05) is 24.1 Å². The Morgan fingerprint density at radius 3 is 1.87 bits per heavy atom. The van der Waals surface area contributed by atoms with E-state index in [-0.39, 0.29) is 7.92 Å². The van der Waals surface area contributed by atoms with E-state index in [0.29, 0.717) is 0 Å². The van der Waals surface area contributed by atoms with Crippen molar-refractivity contribution in [1.29, 1.82) is 0 Å². The maximum atomic E-state index is 5.75. The SMILES string of the molecule is ClCCCP(CCCCl)c1ccccc1. The summed E-state index contributed by atoms with van der Waals surface area (Å²) in [4.78, 5) is 0. The lowest BCUT2D eigenvalue weighted by Gasteiger charge is -2.16. The summed E-state index contributed by atoms with van der Waals surface area (Å²) in [6.07, 6.45) is 4.70. The number of hydrogen-bond donors (Lipinski definition) is 0. The fourth-order valence-corrected chi connectivity index (χ4v) is 4.56. The lowest BCUT2D eigenvalue weighted by atomic mass is 10.4. The summed E-state index contributed by atoms with van der Waals surface area (Å²) in [6, 6.07) is 10.8. The highest BCUT2D eigenvalue weighted by Gasteiger charge is 2.09. The molecular weight excluding hydrogens is 246 g/mol. The minimum Gasteiger partial charge on any atom is -0.127 e. The number of rotatable bonds is 7. The Morgan fingerprint density at radius 2 is 1.40 bits per heavy atom. The summed E-state index contributed by atoms with van der Waals surface area (Å²) in [5.41, 5.74) is 0. The van der Waals surface area contributed by atoms with Gasteiger partial charge in [-0.3, -0.25) is 0 Å². The van der Waals surface area contributed by atoms with Crippen LogP contribution >= 0.6 is 31.1 Å². The molecule has 0 aromatic heterocycles. The van der Waals surface area contributed by atoms with Gasteiger partial charge in [0.05, 0.1) is 0 Å². The maximum Gasteiger partial charge on any atom is 0.0226 e. The number of benzene rings is 1. The van der Waals surface area contributed by atoms with Gasteiger partial charge in [-0.05, 0) is 30.5 Å². The Labute approximate surface area is 104 Å². The Kier molecular flexibility index (Phi) is 7.44. The molecule has 15 heavy (non-hydrogen) atoms. The average Bonchev–Trinajstić information content (AvgIpc) is 2.30. The van der Waals surface area contributed by atoms with Crippen molar-refractivity contribution in [3.8, 4) is 0 Å². The minimum atomic E-state index is -0.0364. The zero-order chi connectivity index (χ0) is 10.9. The van der Waals surface area contributed by atoms with Crippen LogP contribution in [-0.2, 0) is 0 Å². The van der Waals surface area contributed by atoms with Gasteiger partial charge in [0.2, 0.25) is 0 Å². The van der Waals surface area contributed by atoms with Crippen LogP contribution in [0.15, 0.2) is 30.3 Å². The highest BCUT2D eigenvalue weighted by atomic mass is 35.5. The van der Waals surface area contributed by atoms with Crippen LogP contribution in [0, 0.1) is 0 Å². The van der Waals surface area contributed by atoms with E-state index in [1.807, 2.05) is 0 Å². The van der Waals surface area contributed by atoms with Crippen LogP contribution < -0.4 is 5.30 Å². The summed E-state index contributed by atoms with van der Waals surface area (Å²) in [6.45, 7) is 0. The molecule has 1 aromatic carbocycles. The Morgan fingerprint density at radius 1 is 0.867 bits per heavy atom. The summed E-state index contributed by atoms with van der Waals surface area (Å²) in [5, 5.41) is 1.49. The van der Waals surface area contributed by atoms with Crippen molar-refractivity contribution < 1.29 is 0 Å². The summed E-state index contributed by atoms with van der Waals surface area (Å²) in [7, 11) is -0.0364. The molecule has 1 rings (SSSR count). The molecular formula is C12H17Cl2P. The Balaban J connectivity index is 2.55. The second-order valence-corrected chi connectivity index (χ2v) is 6.65. The van der Waals surface area contributed by atoms with Crippen LogP contribution in [0.3, 0.4) is 0 Å². The van der Waals surface area contributed by atoms with Crippen LogP contribution in [-0.4, -0.2) is 24.1 Å². The molecule has 0 nitrogen and oxygen atoms in total. The minimum absolute atomic E-state index is 0.0364. The van der Waals surface area contributed by atoms with Crippen LogP contribution in [0.25, 0.3) is 0 Å². The molecule has 0 aliphatic heterocycles. The Hall–Kier alpha value is 0.230. The normalized spacial score (nSPS) is 10.9. The molecule has 0 spiro atoms. The molecule has 0 N–H and O–H groups in total. The molecule has 0 bridgehead atoms. The quantitative estimate of drug-likeness (QED) is 0.514. The van der Waals surface area contributed by atoms with Gasteiger partial charge in [-0.1, -0.05) is 38.3 Å². The highest BCUT2D eigenvalue weighted by Crippen LogP contribution is 2.35. The van der Waals surface area contributed by atoms with E-state index >= 15 is 0 Å². The number of halogens is 2. The van der Waals surface area contributed by atoms with E-state index in [2.05, 4.69) is 30.3 Å². The van der Waals surface area contributed by atoms with Gasteiger partial charge in [-0.2, -0.15) is 0 Å². The lowest BCUT2D eigenvalue weighted by molar-refractivity contribution is 1.07. The molecule has 0 saturated carbocycles. The van der Waals surface area contributed by atoms with Crippen molar-refractivity contribution in [2.24, 2.45) is 0 Å². The van der Waals surface area contributed by atoms with Gasteiger partial charge in [-0.25, -0.2) is 0 Å². The molecule has 84 valence electrons. The predicted octanol–water partition coefficient (Wildman–Crippen LogP) is 4.05. The summed E-state index contributed by atoms with van der Waals surface area (Å²) in [5.74, 6) is 1.54. The molecule has 1 aromatic rings. The van der Waals surface area contributed by atoms with Gasteiger partial charge >= 0.3 is 0 Å². The van der Waals surface area contributed by atoms with Crippen molar-refractivity contribution in [3.05, 3.63) is 30.3 Å². The first-order chi connectivity index (χ1) is 7.38. The first-order valence-electron chi connectivity index (χ1n) is 5.30. The fourth-order valence-electron chi connectivity index (χ4n) is 1.51. The molecule has 0 heterocycles. The van der Waals surface area contributed by atoms with Crippen LogP contribution in [0.5, 0.6) is 0 Å². The third-order valence-corrected chi connectivity index (χ3v) is 5.52. The molecule has 0 radical (unpaired) electrons. The van der Waals surface area contributed by atoms with Gasteiger partial charge < -0.3 is 0 Å². The first-order valence-corrected chi connectivity index (χ1v) is 8.08. The summed E-state index contributed by atoms with van der Waals surface area (Å²) >= 11 is 11.5. The van der Waals surface area contributed by atoms with Gasteiger partial charge in [0.15, 0.2) is 0 Å². The second kappa shape index (κ2) is 8.39. The smallest absolute Gasteiger partial charge is 0.0226 e. The van der Waals surface area contributed by atoms with E-state index < -0.39 is 0 Å². The largest absolute Gasteiger partial charge is 0.127 e. The van der Waals surface area contributed by atoms with Gasteiger partial charge in [-0.15, -0.1) is 23.2 Å².